The molecular formula is C14H15F3N2O2. The van der Waals surface area contributed by atoms with Gasteiger partial charge in [-0.25, -0.2) is 4.98 Å². The Balaban J connectivity index is 1.53. The average molecular weight is 300 g/mol. The summed E-state index contributed by atoms with van der Waals surface area (Å²) in [6, 6.07) is 1.79. The van der Waals surface area contributed by atoms with Crippen LogP contribution in [0.2, 0.25) is 0 Å². The highest BCUT2D eigenvalue weighted by Crippen LogP contribution is 2.32. The minimum absolute atomic E-state index is 0.0504. The maximum absolute atomic E-state index is 12.6. The standard InChI is InChI=1S/C14H15F3N2O2/c15-14(16,17)10-4-5-18-12(6-10)21-11-7-19(8-11)13(20)9-2-1-3-9/h4-6,9,11H,1-3,7-8H2. The second kappa shape index (κ2) is 5.20. The lowest BCUT2D eigenvalue weighted by Crippen LogP contribution is -2.58. The highest BCUT2D eigenvalue weighted by molar-refractivity contribution is 5.80. The van der Waals surface area contributed by atoms with E-state index < -0.39 is 11.7 Å². The van der Waals surface area contributed by atoms with E-state index in [-0.39, 0.29) is 23.8 Å². The first-order chi connectivity index (χ1) is 9.93. The maximum atomic E-state index is 12.6. The lowest BCUT2D eigenvalue weighted by atomic mass is 9.83. The summed E-state index contributed by atoms with van der Waals surface area (Å²) in [6.45, 7) is 0.848. The van der Waals surface area contributed by atoms with Crippen LogP contribution < -0.4 is 4.74 Å². The van der Waals surface area contributed by atoms with Gasteiger partial charge in [0.25, 0.3) is 0 Å². The zero-order valence-corrected chi connectivity index (χ0v) is 11.3. The Morgan fingerprint density at radius 2 is 2.05 bits per heavy atom. The van der Waals surface area contributed by atoms with Crippen molar-refractivity contribution < 1.29 is 22.7 Å². The lowest BCUT2D eigenvalue weighted by molar-refractivity contribution is -0.147. The number of halogens is 3. The molecule has 1 aliphatic carbocycles. The minimum Gasteiger partial charge on any atom is -0.471 e. The van der Waals surface area contributed by atoms with Gasteiger partial charge in [0.15, 0.2) is 0 Å². The molecule has 0 atom stereocenters. The summed E-state index contributed by atoms with van der Waals surface area (Å²) in [7, 11) is 0. The summed E-state index contributed by atoms with van der Waals surface area (Å²) in [4.78, 5) is 17.4. The van der Waals surface area contributed by atoms with Gasteiger partial charge < -0.3 is 9.64 Å². The van der Waals surface area contributed by atoms with E-state index in [2.05, 4.69) is 4.98 Å². The zero-order valence-electron chi connectivity index (χ0n) is 11.3. The molecule has 1 aromatic heterocycles. The summed E-state index contributed by atoms with van der Waals surface area (Å²) < 4.78 is 43.1. The molecule has 0 aromatic carbocycles. The third-order valence-electron chi connectivity index (χ3n) is 3.96. The van der Waals surface area contributed by atoms with E-state index in [9.17, 15) is 18.0 Å². The van der Waals surface area contributed by atoms with Gasteiger partial charge in [-0.05, 0) is 18.9 Å². The van der Waals surface area contributed by atoms with E-state index in [4.69, 9.17) is 4.74 Å². The van der Waals surface area contributed by atoms with Crippen molar-refractivity contribution >= 4 is 5.91 Å². The number of amides is 1. The van der Waals surface area contributed by atoms with Crippen LogP contribution in [0.1, 0.15) is 24.8 Å². The third-order valence-corrected chi connectivity index (χ3v) is 3.96. The zero-order chi connectivity index (χ0) is 15.0. The number of ether oxygens (including phenoxy) is 1. The molecule has 0 radical (unpaired) electrons. The lowest BCUT2D eigenvalue weighted by Gasteiger charge is -2.42. The van der Waals surface area contributed by atoms with Gasteiger partial charge in [-0.1, -0.05) is 6.42 Å². The molecule has 7 heteroatoms. The first kappa shape index (κ1) is 14.2. The Morgan fingerprint density at radius 1 is 1.33 bits per heavy atom. The normalized spacial score (nSPS) is 19.9. The SMILES string of the molecule is O=C(C1CCC1)N1CC(Oc2cc(C(F)(F)F)ccn2)C1. The Kier molecular flexibility index (Phi) is 3.51. The molecule has 3 rings (SSSR count). The fraction of sp³-hybridized carbons (Fsp3) is 0.571. The van der Waals surface area contributed by atoms with Crippen molar-refractivity contribution in [2.75, 3.05) is 13.1 Å². The molecule has 2 heterocycles. The highest BCUT2D eigenvalue weighted by atomic mass is 19.4. The molecule has 1 aliphatic heterocycles. The molecule has 1 saturated heterocycles. The van der Waals surface area contributed by atoms with Crippen LogP contribution in [0.5, 0.6) is 5.88 Å². The van der Waals surface area contributed by atoms with E-state index in [1.165, 1.54) is 0 Å². The quantitative estimate of drug-likeness (QED) is 0.861. The van der Waals surface area contributed by atoms with Crippen LogP contribution in [0, 0.1) is 5.92 Å². The van der Waals surface area contributed by atoms with Crippen LogP contribution in [0.15, 0.2) is 18.3 Å². The topological polar surface area (TPSA) is 42.4 Å². The van der Waals surface area contributed by atoms with Gasteiger partial charge in [0.1, 0.15) is 6.10 Å². The highest BCUT2D eigenvalue weighted by Gasteiger charge is 2.38. The Labute approximate surface area is 119 Å². The first-order valence-electron chi connectivity index (χ1n) is 6.92. The number of pyridine rings is 1. The summed E-state index contributed by atoms with van der Waals surface area (Å²) in [5.74, 6) is 0.223. The number of likely N-dealkylation sites (tertiary alicyclic amines) is 1. The van der Waals surface area contributed by atoms with E-state index in [1.54, 1.807) is 4.90 Å². The van der Waals surface area contributed by atoms with Crippen LogP contribution in [0.25, 0.3) is 0 Å². The Hall–Kier alpha value is -1.79. The predicted octanol–water partition coefficient (Wildman–Crippen LogP) is 2.49. The van der Waals surface area contributed by atoms with Gasteiger partial charge in [-0.15, -0.1) is 0 Å². The molecule has 4 nitrogen and oxygen atoms in total. The Morgan fingerprint density at radius 3 is 2.62 bits per heavy atom. The molecule has 1 aromatic rings. The molecule has 1 amide bonds. The molecule has 1 saturated carbocycles. The van der Waals surface area contributed by atoms with Gasteiger partial charge in [-0.3, -0.25) is 4.79 Å². The monoisotopic (exact) mass is 300 g/mol. The number of hydrogen-bond acceptors (Lipinski definition) is 3. The first-order valence-corrected chi connectivity index (χ1v) is 6.92. The average Bonchev–Trinajstić information content (AvgIpc) is 2.30. The van der Waals surface area contributed by atoms with Gasteiger partial charge >= 0.3 is 6.18 Å². The van der Waals surface area contributed by atoms with Crippen LogP contribution >= 0.6 is 0 Å². The van der Waals surface area contributed by atoms with Crippen molar-refractivity contribution in [3.05, 3.63) is 23.9 Å². The summed E-state index contributed by atoms with van der Waals surface area (Å²) in [5, 5.41) is 0. The second-order valence-electron chi connectivity index (χ2n) is 5.49. The minimum atomic E-state index is -4.41. The number of carbonyl (C=O) groups excluding carboxylic acids is 1. The molecular weight excluding hydrogens is 285 g/mol. The molecule has 2 aliphatic rings. The van der Waals surface area contributed by atoms with Gasteiger partial charge in [0, 0.05) is 18.2 Å². The predicted molar refractivity (Wildman–Crippen MR) is 67.6 cm³/mol. The van der Waals surface area contributed by atoms with Crippen LogP contribution in [-0.4, -0.2) is 35.0 Å². The maximum Gasteiger partial charge on any atom is 0.416 e. The Bertz CT molecular complexity index is 537. The van der Waals surface area contributed by atoms with Gasteiger partial charge in [-0.2, -0.15) is 13.2 Å². The molecule has 0 spiro atoms. The molecule has 114 valence electrons. The van der Waals surface area contributed by atoms with E-state index in [1.807, 2.05) is 0 Å². The fourth-order valence-electron chi connectivity index (χ4n) is 2.43. The second-order valence-corrected chi connectivity index (χ2v) is 5.49. The van der Waals surface area contributed by atoms with Gasteiger partial charge in [0.05, 0.1) is 18.7 Å². The smallest absolute Gasteiger partial charge is 0.416 e. The van der Waals surface area contributed by atoms with Crippen molar-refractivity contribution in [2.45, 2.75) is 31.5 Å². The number of rotatable bonds is 3. The van der Waals surface area contributed by atoms with Crippen LogP contribution in [-0.2, 0) is 11.0 Å². The van der Waals surface area contributed by atoms with Crippen LogP contribution in [0.4, 0.5) is 13.2 Å². The largest absolute Gasteiger partial charge is 0.471 e. The molecule has 2 fully saturated rings. The summed E-state index contributed by atoms with van der Waals surface area (Å²) in [5.41, 5.74) is -0.783. The number of carbonyl (C=O) groups is 1. The van der Waals surface area contributed by atoms with E-state index >= 15 is 0 Å². The van der Waals surface area contributed by atoms with Crippen LogP contribution in [0.3, 0.4) is 0 Å². The van der Waals surface area contributed by atoms with Crippen molar-refractivity contribution in [3.63, 3.8) is 0 Å². The molecule has 21 heavy (non-hydrogen) atoms. The van der Waals surface area contributed by atoms with Crippen molar-refractivity contribution in [1.29, 1.82) is 0 Å². The molecule has 0 unspecified atom stereocenters. The van der Waals surface area contributed by atoms with Crippen molar-refractivity contribution in [3.8, 4) is 5.88 Å². The molecule has 0 bridgehead atoms. The number of alkyl halides is 3. The van der Waals surface area contributed by atoms with Gasteiger partial charge in [0.2, 0.25) is 11.8 Å². The number of nitrogens with zero attached hydrogens (tertiary/aromatic N) is 2. The third kappa shape index (κ3) is 2.96. The number of hydrogen-bond donors (Lipinski definition) is 0. The summed E-state index contributed by atoms with van der Waals surface area (Å²) >= 11 is 0. The van der Waals surface area contributed by atoms with E-state index in [0.717, 1.165) is 37.6 Å². The van der Waals surface area contributed by atoms with Crippen molar-refractivity contribution in [2.24, 2.45) is 5.92 Å². The fourth-order valence-corrected chi connectivity index (χ4v) is 2.43. The molecule has 0 N–H and O–H groups in total. The van der Waals surface area contributed by atoms with E-state index in [0.29, 0.717) is 13.1 Å². The summed E-state index contributed by atoms with van der Waals surface area (Å²) in [6.07, 6.45) is -0.629. The van der Waals surface area contributed by atoms with Crippen molar-refractivity contribution in [1.82, 2.24) is 9.88 Å². The number of aromatic nitrogens is 1.